The number of hydrogen-bond donors (Lipinski definition) is 1. The highest BCUT2D eigenvalue weighted by atomic mass is 16.4. The van der Waals surface area contributed by atoms with Crippen molar-refractivity contribution in [3.8, 4) is 0 Å². The Hall–Kier alpha value is -2.18. The van der Waals surface area contributed by atoms with Crippen LogP contribution in [-0.4, -0.2) is 30.4 Å². The standard InChI is InChI=1S/C13H18N4O3/c1-13(2,12(19)20)5-4-6-17-8-14-10-9(11(17)18)7-15-16(10)3/h7-8H,4-6H2,1-3H3,(H,19,20). The molecule has 0 unspecified atom stereocenters. The second-order valence-electron chi connectivity index (χ2n) is 5.54. The molecule has 0 saturated carbocycles. The van der Waals surface area contributed by atoms with Gasteiger partial charge in [-0.2, -0.15) is 5.10 Å². The van der Waals surface area contributed by atoms with Crippen LogP contribution in [0, 0.1) is 5.41 Å². The Labute approximate surface area is 115 Å². The minimum atomic E-state index is -0.828. The quantitative estimate of drug-likeness (QED) is 0.882. The smallest absolute Gasteiger partial charge is 0.309 e. The number of aliphatic carboxylic acids is 1. The van der Waals surface area contributed by atoms with Crippen LogP contribution >= 0.6 is 0 Å². The van der Waals surface area contributed by atoms with Gasteiger partial charge in [-0.3, -0.25) is 18.8 Å². The van der Waals surface area contributed by atoms with E-state index in [2.05, 4.69) is 10.1 Å². The van der Waals surface area contributed by atoms with Gasteiger partial charge in [0.05, 0.1) is 17.9 Å². The van der Waals surface area contributed by atoms with Gasteiger partial charge < -0.3 is 5.11 Å². The largest absolute Gasteiger partial charge is 0.481 e. The van der Waals surface area contributed by atoms with E-state index in [9.17, 15) is 9.59 Å². The molecule has 108 valence electrons. The lowest BCUT2D eigenvalue weighted by Gasteiger charge is -2.18. The van der Waals surface area contributed by atoms with E-state index in [1.807, 2.05) is 0 Å². The first-order valence-corrected chi connectivity index (χ1v) is 6.43. The molecule has 2 aromatic rings. The summed E-state index contributed by atoms with van der Waals surface area (Å²) in [5.74, 6) is -0.828. The molecule has 2 aromatic heterocycles. The molecule has 0 aromatic carbocycles. The summed E-state index contributed by atoms with van der Waals surface area (Å²) < 4.78 is 3.05. The van der Waals surface area contributed by atoms with E-state index in [0.717, 1.165) is 0 Å². The van der Waals surface area contributed by atoms with Gasteiger partial charge in [0, 0.05) is 13.6 Å². The maximum Gasteiger partial charge on any atom is 0.309 e. The van der Waals surface area contributed by atoms with Crippen molar-refractivity contribution in [1.82, 2.24) is 19.3 Å². The molecule has 0 aliphatic heterocycles. The predicted molar refractivity (Wildman–Crippen MR) is 73.4 cm³/mol. The Morgan fingerprint density at radius 3 is 2.80 bits per heavy atom. The Morgan fingerprint density at radius 1 is 1.45 bits per heavy atom. The minimum Gasteiger partial charge on any atom is -0.481 e. The van der Waals surface area contributed by atoms with Crippen LogP contribution < -0.4 is 5.56 Å². The summed E-state index contributed by atoms with van der Waals surface area (Å²) in [6.45, 7) is 3.81. The van der Waals surface area contributed by atoms with Crippen LogP contribution in [0.4, 0.5) is 0 Å². The van der Waals surface area contributed by atoms with Crippen molar-refractivity contribution in [3.05, 3.63) is 22.9 Å². The van der Waals surface area contributed by atoms with Crippen LogP contribution in [0.5, 0.6) is 0 Å². The third-order valence-corrected chi connectivity index (χ3v) is 3.50. The predicted octanol–water partition coefficient (Wildman–Crippen LogP) is 1.02. The number of hydrogen-bond acceptors (Lipinski definition) is 4. The molecule has 0 fully saturated rings. The number of rotatable bonds is 5. The first-order chi connectivity index (χ1) is 9.33. The van der Waals surface area contributed by atoms with E-state index in [-0.39, 0.29) is 5.56 Å². The zero-order valence-corrected chi connectivity index (χ0v) is 11.8. The second kappa shape index (κ2) is 5.07. The van der Waals surface area contributed by atoms with E-state index in [4.69, 9.17) is 5.11 Å². The number of aryl methyl sites for hydroxylation is 2. The van der Waals surface area contributed by atoms with E-state index >= 15 is 0 Å². The summed E-state index contributed by atoms with van der Waals surface area (Å²) in [4.78, 5) is 27.4. The van der Waals surface area contributed by atoms with E-state index < -0.39 is 11.4 Å². The van der Waals surface area contributed by atoms with Crippen molar-refractivity contribution in [3.63, 3.8) is 0 Å². The van der Waals surface area contributed by atoms with Crippen molar-refractivity contribution >= 4 is 17.0 Å². The Kier molecular flexibility index (Phi) is 3.61. The molecule has 0 aliphatic rings. The molecule has 1 N–H and O–H groups in total. The average Bonchev–Trinajstić information content (AvgIpc) is 2.74. The minimum absolute atomic E-state index is 0.142. The highest BCUT2D eigenvalue weighted by Crippen LogP contribution is 2.22. The molecule has 0 bridgehead atoms. The van der Waals surface area contributed by atoms with Gasteiger partial charge in [0.2, 0.25) is 0 Å². The van der Waals surface area contributed by atoms with Crippen molar-refractivity contribution in [1.29, 1.82) is 0 Å². The number of nitrogens with zero attached hydrogens (tertiary/aromatic N) is 4. The highest BCUT2D eigenvalue weighted by molar-refractivity contribution is 5.73. The summed E-state index contributed by atoms with van der Waals surface area (Å²) >= 11 is 0. The van der Waals surface area contributed by atoms with E-state index in [0.29, 0.717) is 30.4 Å². The summed E-state index contributed by atoms with van der Waals surface area (Å²) in [6.07, 6.45) is 4.09. The Bertz CT molecular complexity index is 699. The lowest BCUT2D eigenvalue weighted by atomic mass is 9.88. The third-order valence-electron chi connectivity index (χ3n) is 3.50. The normalized spacial score (nSPS) is 11.9. The molecule has 20 heavy (non-hydrogen) atoms. The van der Waals surface area contributed by atoms with Gasteiger partial charge in [-0.25, -0.2) is 4.98 Å². The monoisotopic (exact) mass is 278 g/mol. The number of carbonyl (C=O) groups is 1. The fraction of sp³-hybridized carbons (Fsp3) is 0.538. The first-order valence-electron chi connectivity index (χ1n) is 6.43. The van der Waals surface area contributed by atoms with Crippen LogP contribution in [0.2, 0.25) is 0 Å². The Balaban J connectivity index is 2.13. The average molecular weight is 278 g/mol. The van der Waals surface area contributed by atoms with Gasteiger partial charge in [0.1, 0.15) is 5.39 Å². The van der Waals surface area contributed by atoms with Gasteiger partial charge in [-0.05, 0) is 26.7 Å². The zero-order valence-electron chi connectivity index (χ0n) is 11.8. The summed E-state index contributed by atoms with van der Waals surface area (Å²) in [7, 11) is 1.73. The molecule has 0 spiro atoms. The lowest BCUT2D eigenvalue weighted by Crippen LogP contribution is -2.25. The highest BCUT2D eigenvalue weighted by Gasteiger charge is 2.26. The SMILES string of the molecule is Cn1ncc2c(=O)n(CCCC(C)(C)C(=O)O)cnc21. The molecule has 7 heteroatoms. The molecule has 0 saturated heterocycles. The number of carboxylic acids is 1. The number of carboxylic acid groups (broad SMARTS) is 1. The van der Waals surface area contributed by atoms with Crippen LogP contribution in [0.3, 0.4) is 0 Å². The van der Waals surface area contributed by atoms with Crippen LogP contribution in [0.25, 0.3) is 11.0 Å². The summed E-state index contributed by atoms with van der Waals surface area (Å²) in [6, 6.07) is 0. The molecule has 0 amide bonds. The molecule has 0 aliphatic carbocycles. The van der Waals surface area contributed by atoms with Crippen LogP contribution in [-0.2, 0) is 18.4 Å². The molecule has 2 rings (SSSR count). The van der Waals surface area contributed by atoms with Crippen molar-refractivity contribution in [2.75, 3.05) is 0 Å². The first kappa shape index (κ1) is 14.2. The molecular formula is C13H18N4O3. The van der Waals surface area contributed by atoms with E-state index in [1.54, 1.807) is 25.6 Å². The van der Waals surface area contributed by atoms with Crippen molar-refractivity contribution in [2.45, 2.75) is 33.2 Å². The fourth-order valence-corrected chi connectivity index (χ4v) is 2.02. The number of fused-ring (bicyclic) bond motifs is 1. The Morgan fingerprint density at radius 2 is 2.15 bits per heavy atom. The van der Waals surface area contributed by atoms with Gasteiger partial charge in [0.15, 0.2) is 5.65 Å². The van der Waals surface area contributed by atoms with Gasteiger partial charge >= 0.3 is 5.97 Å². The fourth-order valence-electron chi connectivity index (χ4n) is 2.02. The second-order valence-corrected chi connectivity index (χ2v) is 5.54. The van der Waals surface area contributed by atoms with E-state index in [1.165, 1.54) is 17.1 Å². The molecule has 0 radical (unpaired) electrons. The molecule has 7 nitrogen and oxygen atoms in total. The van der Waals surface area contributed by atoms with Crippen LogP contribution in [0.1, 0.15) is 26.7 Å². The molecular weight excluding hydrogens is 260 g/mol. The third kappa shape index (κ3) is 2.56. The van der Waals surface area contributed by atoms with Gasteiger partial charge in [-0.1, -0.05) is 0 Å². The summed E-state index contributed by atoms with van der Waals surface area (Å²) in [5, 5.41) is 13.5. The lowest BCUT2D eigenvalue weighted by molar-refractivity contribution is -0.147. The van der Waals surface area contributed by atoms with Gasteiger partial charge in [0.25, 0.3) is 5.56 Å². The number of aromatic nitrogens is 4. The van der Waals surface area contributed by atoms with Crippen molar-refractivity contribution < 1.29 is 9.90 Å². The molecule has 0 atom stereocenters. The maximum absolute atomic E-state index is 12.2. The maximum atomic E-state index is 12.2. The molecule has 2 heterocycles. The van der Waals surface area contributed by atoms with Crippen LogP contribution in [0.15, 0.2) is 17.3 Å². The topological polar surface area (TPSA) is 90.0 Å². The summed E-state index contributed by atoms with van der Waals surface area (Å²) in [5.41, 5.74) is -0.372. The van der Waals surface area contributed by atoms with Crippen molar-refractivity contribution in [2.24, 2.45) is 12.5 Å². The zero-order chi connectivity index (χ0) is 14.9. The van der Waals surface area contributed by atoms with Gasteiger partial charge in [-0.15, -0.1) is 0 Å².